The van der Waals surface area contributed by atoms with Gasteiger partial charge in [-0.2, -0.15) is 0 Å². The maximum Gasteiger partial charge on any atom is 0.574 e. The molecule has 0 unspecified atom stereocenters. The van der Waals surface area contributed by atoms with E-state index in [2.05, 4.69) is 0 Å². The van der Waals surface area contributed by atoms with Crippen LogP contribution in [0.1, 0.15) is 5.56 Å². The molecule has 1 aromatic rings. The van der Waals surface area contributed by atoms with Crippen LogP contribution in [0.5, 0.6) is 5.75 Å². The summed E-state index contributed by atoms with van der Waals surface area (Å²) in [6, 6.07) is 6.64. The predicted octanol–water partition coefficient (Wildman–Crippen LogP) is 0.921. The molecule has 0 bridgehead atoms. The number of benzene rings is 1. The average Bonchev–Trinajstić information content (AvgIpc) is 2.35. The second kappa shape index (κ2) is 5.92. The van der Waals surface area contributed by atoms with Gasteiger partial charge in [0.1, 0.15) is 5.75 Å². The summed E-state index contributed by atoms with van der Waals surface area (Å²) in [5.74, 6) is 0.0760. The van der Waals surface area contributed by atoms with E-state index in [0.717, 1.165) is 0 Å². The molecule has 1 N–H and O–H groups in total. The summed E-state index contributed by atoms with van der Waals surface area (Å²) in [6.45, 7) is 0. The van der Waals surface area contributed by atoms with Crippen LogP contribution in [0.15, 0.2) is 24.3 Å². The third-order valence-corrected chi connectivity index (χ3v) is 4.96. The number of phenolic OH excluding ortho intramolecular Hbond substituents is 1. The number of carbonyl (C=O) groups excluding carboxylic acids is 1. The van der Waals surface area contributed by atoms with E-state index < -0.39 is 8.80 Å². The van der Waals surface area contributed by atoms with Crippen molar-refractivity contribution in [1.29, 1.82) is 0 Å². The van der Waals surface area contributed by atoms with Crippen molar-refractivity contribution in [2.75, 3.05) is 21.3 Å². The van der Waals surface area contributed by atoms with Crippen LogP contribution >= 0.6 is 0 Å². The van der Waals surface area contributed by atoms with Crippen molar-refractivity contribution in [3.63, 3.8) is 0 Å². The molecule has 0 saturated carbocycles. The summed E-state index contributed by atoms with van der Waals surface area (Å²) < 4.78 is 15.2. The topological polar surface area (TPSA) is 65.0 Å². The molecule has 0 radical (unpaired) electrons. The Labute approximate surface area is 101 Å². The summed E-state index contributed by atoms with van der Waals surface area (Å²) in [5.41, 5.74) is 0.528. The SMILES string of the molecule is CO[Si](OC)(OC)C(=O)Cc1ccccc1O. The smallest absolute Gasteiger partial charge is 0.508 e. The quantitative estimate of drug-likeness (QED) is 0.767. The van der Waals surface area contributed by atoms with Gasteiger partial charge in [-0.05, 0) is 6.07 Å². The lowest BCUT2D eigenvalue weighted by atomic mass is 10.1. The summed E-state index contributed by atoms with van der Waals surface area (Å²) in [4.78, 5) is 12.1. The number of para-hydroxylation sites is 1. The minimum absolute atomic E-state index is 0.0222. The van der Waals surface area contributed by atoms with Crippen molar-refractivity contribution in [2.24, 2.45) is 0 Å². The van der Waals surface area contributed by atoms with E-state index in [1.165, 1.54) is 27.4 Å². The monoisotopic (exact) mass is 256 g/mol. The lowest BCUT2D eigenvalue weighted by molar-refractivity contribution is -0.117. The Morgan fingerprint density at radius 1 is 1.18 bits per heavy atom. The Morgan fingerprint density at radius 2 is 1.71 bits per heavy atom. The number of aromatic hydroxyl groups is 1. The molecule has 1 rings (SSSR count). The minimum Gasteiger partial charge on any atom is -0.508 e. The van der Waals surface area contributed by atoms with Gasteiger partial charge in [0.2, 0.25) is 5.41 Å². The standard InChI is InChI=1S/C11H16O5Si/c1-14-17(15-2,16-3)11(13)8-9-6-4-5-7-10(9)12/h4-7,12H,8H2,1-3H3. The second-order valence-corrected chi connectivity index (χ2v) is 6.29. The van der Waals surface area contributed by atoms with Gasteiger partial charge in [-0.1, -0.05) is 18.2 Å². The van der Waals surface area contributed by atoms with Crippen LogP contribution in [-0.2, 0) is 24.5 Å². The van der Waals surface area contributed by atoms with Gasteiger partial charge < -0.3 is 18.4 Å². The lowest BCUT2D eigenvalue weighted by Crippen LogP contribution is -2.52. The molecule has 0 aliphatic rings. The van der Waals surface area contributed by atoms with Crippen molar-refractivity contribution in [3.8, 4) is 5.75 Å². The Balaban J connectivity index is 2.88. The van der Waals surface area contributed by atoms with Gasteiger partial charge in [-0.15, -0.1) is 0 Å². The molecule has 6 heteroatoms. The molecule has 0 saturated heterocycles. The van der Waals surface area contributed by atoms with E-state index in [1.54, 1.807) is 18.2 Å². The Kier molecular flexibility index (Phi) is 4.82. The molecule has 0 amide bonds. The van der Waals surface area contributed by atoms with Gasteiger partial charge in [0, 0.05) is 33.3 Å². The second-order valence-electron chi connectivity index (χ2n) is 3.40. The largest absolute Gasteiger partial charge is 0.574 e. The van der Waals surface area contributed by atoms with E-state index in [1.807, 2.05) is 0 Å². The highest BCUT2D eigenvalue weighted by molar-refractivity contribution is 6.92. The molecule has 0 heterocycles. The predicted molar refractivity (Wildman–Crippen MR) is 63.6 cm³/mol. The van der Waals surface area contributed by atoms with Crippen molar-refractivity contribution < 1.29 is 23.2 Å². The Morgan fingerprint density at radius 3 is 2.18 bits per heavy atom. The maximum absolute atomic E-state index is 12.1. The highest BCUT2D eigenvalue weighted by Gasteiger charge is 2.47. The fourth-order valence-corrected chi connectivity index (χ4v) is 3.12. The molecule has 0 fully saturated rings. The van der Waals surface area contributed by atoms with Gasteiger partial charge >= 0.3 is 8.80 Å². The van der Waals surface area contributed by atoms with Gasteiger partial charge in [0.05, 0.1) is 0 Å². The normalized spacial score (nSPS) is 11.5. The fraction of sp³-hybridized carbons (Fsp3) is 0.364. The number of carbonyl (C=O) groups is 1. The van der Waals surface area contributed by atoms with Crippen LogP contribution in [0.2, 0.25) is 0 Å². The Hall–Kier alpha value is -1.21. The van der Waals surface area contributed by atoms with E-state index in [4.69, 9.17) is 13.3 Å². The zero-order chi connectivity index (χ0) is 12.9. The number of phenols is 1. The van der Waals surface area contributed by atoms with Crippen LogP contribution in [0.3, 0.4) is 0 Å². The Bertz CT molecular complexity index is 381. The summed E-state index contributed by atoms with van der Waals surface area (Å²) >= 11 is 0. The zero-order valence-electron chi connectivity index (χ0n) is 10.1. The molecule has 0 aromatic heterocycles. The molecule has 1 aromatic carbocycles. The first-order valence-electron chi connectivity index (χ1n) is 5.05. The van der Waals surface area contributed by atoms with Crippen LogP contribution in [-0.4, -0.2) is 40.6 Å². The van der Waals surface area contributed by atoms with Crippen molar-refractivity contribution in [1.82, 2.24) is 0 Å². The van der Waals surface area contributed by atoms with Crippen LogP contribution in [0, 0.1) is 0 Å². The lowest BCUT2D eigenvalue weighted by Gasteiger charge is -2.22. The fourth-order valence-electron chi connectivity index (χ4n) is 1.53. The van der Waals surface area contributed by atoms with E-state index in [-0.39, 0.29) is 17.6 Å². The maximum atomic E-state index is 12.1. The third kappa shape index (κ3) is 2.92. The first kappa shape index (κ1) is 13.9. The first-order chi connectivity index (χ1) is 8.09. The molecule has 94 valence electrons. The molecular formula is C11H16O5Si. The van der Waals surface area contributed by atoms with E-state index >= 15 is 0 Å². The highest BCUT2D eigenvalue weighted by atomic mass is 28.4. The minimum atomic E-state index is -3.28. The van der Waals surface area contributed by atoms with Crippen molar-refractivity contribution in [2.45, 2.75) is 6.42 Å². The third-order valence-electron chi connectivity index (χ3n) is 2.49. The van der Waals surface area contributed by atoms with Crippen molar-refractivity contribution >= 4 is 14.2 Å². The van der Waals surface area contributed by atoms with E-state index in [0.29, 0.717) is 5.56 Å². The number of rotatable bonds is 6. The van der Waals surface area contributed by atoms with Crippen LogP contribution in [0.4, 0.5) is 0 Å². The summed E-state index contributed by atoms with van der Waals surface area (Å²) in [7, 11) is 0.854. The van der Waals surface area contributed by atoms with Crippen LogP contribution < -0.4 is 0 Å². The molecule has 0 spiro atoms. The van der Waals surface area contributed by atoms with Gasteiger partial charge in [0.25, 0.3) is 0 Å². The van der Waals surface area contributed by atoms with Crippen LogP contribution in [0.25, 0.3) is 0 Å². The van der Waals surface area contributed by atoms with E-state index in [9.17, 15) is 9.90 Å². The molecule has 0 aliphatic carbocycles. The van der Waals surface area contributed by atoms with Gasteiger partial charge in [-0.25, -0.2) is 0 Å². The number of hydrogen-bond donors (Lipinski definition) is 1. The summed E-state index contributed by atoms with van der Waals surface area (Å²) in [6.07, 6.45) is 0.0222. The molecule has 5 nitrogen and oxygen atoms in total. The molecule has 0 aliphatic heterocycles. The average molecular weight is 256 g/mol. The van der Waals surface area contributed by atoms with Gasteiger partial charge in [-0.3, -0.25) is 4.79 Å². The number of hydrogen-bond acceptors (Lipinski definition) is 5. The summed E-state index contributed by atoms with van der Waals surface area (Å²) in [5, 5.41) is 9.30. The van der Waals surface area contributed by atoms with Crippen molar-refractivity contribution in [3.05, 3.63) is 29.8 Å². The highest BCUT2D eigenvalue weighted by Crippen LogP contribution is 2.19. The van der Waals surface area contributed by atoms with Gasteiger partial charge in [0.15, 0.2) is 0 Å². The molecule has 0 atom stereocenters. The first-order valence-corrected chi connectivity index (χ1v) is 6.77. The molecular weight excluding hydrogens is 240 g/mol. The zero-order valence-corrected chi connectivity index (χ0v) is 11.1. The molecule has 17 heavy (non-hydrogen) atoms.